The zero-order valence-electron chi connectivity index (χ0n) is 7.82. The van der Waals surface area contributed by atoms with Gasteiger partial charge in [0, 0.05) is 18.0 Å². The molecular weight excluding hydrogens is 184 g/mol. The first kappa shape index (κ1) is 10.1. The summed E-state index contributed by atoms with van der Waals surface area (Å²) in [5.41, 5.74) is 5.44. The van der Waals surface area contributed by atoms with Crippen molar-refractivity contribution in [1.29, 1.82) is 0 Å². The lowest BCUT2D eigenvalue weighted by molar-refractivity contribution is 0.901. The molecule has 1 atom stereocenters. The van der Waals surface area contributed by atoms with Gasteiger partial charge in [0.2, 0.25) is 5.95 Å². The first-order valence-corrected chi connectivity index (χ1v) is 5.45. The van der Waals surface area contributed by atoms with Crippen LogP contribution in [0.3, 0.4) is 0 Å². The highest BCUT2D eigenvalue weighted by molar-refractivity contribution is 7.98. The summed E-state index contributed by atoms with van der Waals surface area (Å²) in [4.78, 5) is 7.86. The molecule has 3 N–H and O–H groups in total. The van der Waals surface area contributed by atoms with Crippen molar-refractivity contribution in [3.8, 4) is 0 Å². The minimum Gasteiger partial charge on any atom is -0.368 e. The molecule has 0 bridgehead atoms. The molecule has 72 valence electrons. The maximum atomic E-state index is 5.44. The molecule has 0 radical (unpaired) electrons. The second-order valence-corrected chi connectivity index (χ2v) is 3.71. The molecule has 0 amide bonds. The summed E-state index contributed by atoms with van der Waals surface area (Å²) in [7, 11) is 0. The van der Waals surface area contributed by atoms with E-state index in [4.69, 9.17) is 5.73 Å². The van der Waals surface area contributed by atoms with Gasteiger partial charge in [0.25, 0.3) is 0 Å². The summed E-state index contributed by atoms with van der Waals surface area (Å²) in [6.07, 6.45) is 3.73. The average Bonchev–Trinajstić information content (AvgIpc) is 2.04. The molecule has 0 fully saturated rings. The fraction of sp³-hybridized carbons (Fsp3) is 0.500. The Morgan fingerprint density at radius 1 is 1.69 bits per heavy atom. The van der Waals surface area contributed by atoms with Gasteiger partial charge in [-0.1, -0.05) is 0 Å². The number of anilines is 2. The van der Waals surface area contributed by atoms with E-state index in [0.717, 1.165) is 11.6 Å². The molecule has 0 saturated heterocycles. The lowest BCUT2D eigenvalue weighted by Gasteiger charge is -2.12. The van der Waals surface area contributed by atoms with E-state index in [1.807, 2.05) is 6.07 Å². The zero-order chi connectivity index (χ0) is 9.68. The Hall–Kier alpha value is -0.970. The molecule has 1 aromatic rings. The van der Waals surface area contributed by atoms with E-state index in [1.54, 1.807) is 18.0 Å². The van der Waals surface area contributed by atoms with Crippen molar-refractivity contribution in [2.75, 3.05) is 23.1 Å². The number of hydrogen-bond acceptors (Lipinski definition) is 5. The van der Waals surface area contributed by atoms with E-state index in [-0.39, 0.29) is 0 Å². The van der Waals surface area contributed by atoms with Gasteiger partial charge < -0.3 is 11.1 Å². The van der Waals surface area contributed by atoms with Gasteiger partial charge in [0.15, 0.2) is 0 Å². The van der Waals surface area contributed by atoms with Crippen LogP contribution in [-0.4, -0.2) is 28.0 Å². The summed E-state index contributed by atoms with van der Waals surface area (Å²) in [6, 6.07) is 2.21. The zero-order valence-corrected chi connectivity index (χ0v) is 8.64. The first-order valence-electron chi connectivity index (χ1n) is 4.06. The molecule has 1 unspecified atom stereocenters. The van der Waals surface area contributed by atoms with Crippen LogP contribution < -0.4 is 11.1 Å². The van der Waals surface area contributed by atoms with Crippen LogP contribution in [0.4, 0.5) is 11.8 Å². The van der Waals surface area contributed by atoms with E-state index in [9.17, 15) is 0 Å². The fourth-order valence-corrected chi connectivity index (χ4v) is 1.58. The van der Waals surface area contributed by atoms with Crippen molar-refractivity contribution in [2.45, 2.75) is 13.0 Å². The van der Waals surface area contributed by atoms with Crippen LogP contribution in [0.15, 0.2) is 12.3 Å². The Morgan fingerprint density at radius 2 is 2.46 bits per heavy atom. The molecule has 0 aliphatic heterocycles. The summed E-state index contributed by atoms with van der Waals surface area (Å²) >= 11 is 1.80. The SMILES string of the molecule is CSCC(C)Nc1ccnc(N)n1. The highest BCUT2D eigenvalue weighted by Gasteiger charge is 2.01. The van der Waals surface area contributed by atoms with Crippen molar-refractivity contribution in [3.05, 3.63) is 12.3 Å². The fourth-order valence-electron chi connectivity index (χ4n) is 0.998. The normalized spacial score (nSPS) is 12.5. The van der Waals surface area contributed by atoms with Crippen molar-refractivity contribution in [1.82, 2.24) is 9.97 Å². The maximum Gasteiger partial charge on any atom is 0.221 e. The largest absolute Gasteiger partial charge is 0.368 e. The van der Waals surface area contributed by atoms with Crippen LogP contribution >= 0.6 is 11.8 Å². The predicted octanol–water partition coefficient (Wildman–Crippen LogP) is 1.22. The number of nitrogens with two attached hydrogens (primary N) is 1. The lowest BCUT2D eigenvalue weighted by atomic mass is 10.4. The Balaban J connectivity index is 2.53. The smallest absolute Gasteiger partial charge is 0.221 e. The Kier molecular flexibility index (Phi) is 3.82. The minimum atomic E-state index is 0.307. The van der Waals surface area contributed by atoms with E-state index < -0.39 is 0 Å². The summed E-state index contributed by atoms with van der Waals surface area (Å²) in [6.45, 7) is 2.11. The van der Waals surface area contributed by atoms with Gasteiger partial charge >= 0.3 is 0 Å². The predicted molar refractivity (Wildman–Crippen MR) is 57.9 cm³/mol. The lowest BCUT2D eigenvalue weighted by Crippen LogP contribution is -2.18. The van der Waals surface area contributed by atoms with Crippen LogP contribution in [0.5, 0.6) is 0 Å². The topological polar surface area (TPSA) is 63.8 Å². The van der Waals surface area contributed by atoms with Gasteiger partial charge in [-0.25, -0.2) is 4.98 Å². The number of rotatable bonds is 4. The highest BCUT2D eigenvalue weighted by atomic mass is 32.2. The van der Waals surface area contributed by atoms with Gasteiger partial charge in [0.1, 0.15) is 5.82 Å². The van der Waals surface area contributed by atoms with Gasteiger partial charge in [-0.15, -0.1) is 0 Å². The van der Waals surface area contributed by atoms with Gasteiger partial charge in [-0.05, 0) is 19.2 Å². The summed E-state index contributed by atoms with van der Waals surface area (Å²) in [5.74, 6) is 2.14. The van der Waals surface area contributed by atoms with E-state index in [1.165, 1.54) is 0 Å². The monoisotopic (exact) mass is 198 g/mol. The van der Waals surface area contributed by atoms with Gasteiger partial charge in [0.05, 0.1) is 0 Å². The molecule has 13 heavy (non-hydrogen) atoms. The molecule has 4 nitrogen and oxygen atoms in total. The number of nitrogens with one attached hydrogen (secondary N) is 1. The van der Waals surface area contributed by atoms with Gasteiger partial charge in [-0.3, -0.25) is 0 Å². The number of nitrogen functional groups attached to an aromatic ring is 1. The van der Waals surface area contributed by atoms with Crippen LogP contribution in [0.1, 0.15) is 6.92 Å². The standard InChI is InChI=1S/C8H14N4S/c1-6(5-13-2)11-7-3-4-10-8(9)12-7/h3-4,6H,5H2,1-2H3,(H3,9,10,11,12). The number of hydrogen-bond donors (Lipinski definition) is 2. The van der Waals surface area contributed by atoms with Crippen molar-refractivity contribution < 1.29 is 0 Å². The Bertz CT molecular complexity index is 266. The third-order valence-corrected chi connectivity index (χ3v) is 2.32. The summed E-state index contributed by atoms with van der Waals surface area (Å²) in [5, 5.41) is 3.23. The van der Waals surface area contributed by atoms with E-state index >= 15 is 0 Å². The Labute approximate surface area is 82.3 Å². The van der Waals surface area contributed by atoms with Crippen molar-refractivity contribution in [3.63, 3.8) is 0 Å². The molecule has 0 aliphatic rings. The number of aromatic nitrogens is 2. The molecule has 0 aliphatic carbocycles. The quantitative estimate of drug-likeness (QED) is 0.761. The van der Waals surface area contributed by atoms with Gasteiger partial charge in [-0.2, -0.15) is 16.7 Å². The first-order chi connectivity index (χ1) is 6.22. The van der Waals surface area contributed by atoms with E-state index in [2.05, 4.69) is 28.5 Å². The maximum absolute atomic E-state index is 5.44. The van der Waals surface area contributed by atoms with Crippen LogP contribution in [0.2, 0.25) is 0 Å². The number of nitrogens with zero attached hydrogens (tertiary/aromatic N) is 2. The highest BCUT2D eigenvalue weighted by Crippen LogP contribution is 2.07. The van der Waals surface area contributed by atoms with Crippen LogP contribution in [0.25, 0.3) is 0 Å². The molecular formula is C8H14N4S. The summed E-state index contributed by atoms with van der Waals surface area (Å²) < 4.78 is 0. The van der Waals surface area contributed by atoms with Crippen molar-refractivity contribution >= 4 is 23.5 Å². The molecule has 5 heteroatoms. The average molecular weight is 198 g/mol. The van der Waals surface area contributed by atoms with E-state index in [0.29, 0.717) is 12.0 Å². The Morgan fingerprint density at radius 3 is 3.08 bits per heavy atom. The molecule has 1 rings (SSSR count). The minimum absolute atomic E-state index is 0.307. The molecule has 0 spiro atoms. The molecule has 1 aromatic heterocycles. The number of thioether (sulfide) groups is 1. The second kappa shape index (κ2) is 4.91. The van der Waals surface area contributed by atoms with Crippen LogP contribution in [0, 0.1) is 0 Å². The molecule has 1 heterocycles. The van der Waals surface area contributed by atoms with Crippen LogP contribution in [-0.2, 0) is 0 Å². The molecule has 0 aromatic carbocycles. The third kappa shape index (κ3) is 3.50. The molecule has 0 saturated carbocycles. The third-order valence-electron chi connectivity index (χ3n) is 1.49. The van der Waals surface area contributed by atoms with Crippen molar-refractivity contribution in [2.24, 2.45) is 0 Å². The second-order valence-electron chi connectivity index (χ2n) is 2.80.